The lowest BCUT2D eigenvalue weighted by molar-refractivity contribution is -0.137. The summed E-state index contributed by atoms with van der Waals surface area (Å²) >= 11 is 0. The molecule has 0 saturated heterocycles. The van der Waals surface area contributed by atoms with Crippen molar-refractivity contribution in [1.29, 1.82) is 0 Å². The number of benzene rings is 3. The molecule has 0 atom stereocenters. The van der Waals surface area contributed by atoms with E-state index < -0.39 is 23.2 Å². The summed E-state index contributed by atoms with van der Waals surface area (Å²) in [4.78, 5) is 25.8. The maximum Gasteiger partial charge on any atom is 0.416 e. The fourth-order valence-corrected chi connectivity index (χ4v) is 3.29. The fourth-order valence-electron chi connectivity index (χ4n) is 3.29. The number of rotatable bonds is 4. The van der Waals surface area contributed by atoms with Crippen LogP contribution >= 0.6 is 0 Å². The molecule has 0 aliphatic carbocycles. The van der Waals surface area contributed by atoms with Gasteiger partial charge < -0.3 is 5.32 Å². The molecular formula is C24H16F3N3O2. The number of halogens is 3. The molecule has 1 amide bonds. The first-order valence-corrected chi connectivity index (χ1v) is 9.57. The van der Waals surface area contributed by atoms with Crippen LogP contribution in [0.25, 0.3) is 22.4 Å². The number of H-pyrrole nitrogens is 1. The quantitative estimate of drug-likeness (QED) is 0.452. The average molecular weight is 435 g/mol. The Morgan fingerprint density at radius 2 is 1.38 bits per heavy atom. The van der Waals surface area contributed by atoms with Crippen LogP contribution in [0.5, 0.6) is 0 Å². The van der Waals surface area contributed by atoms with Crippen molar-refractivity contribution >= 4 is 11.6 Å². The second-order valence-electron chi connectivity index (χ2n) is 6.91. The molecule has 0 bridgehead atoms. The van der Waals surface area contributed by atoms with Gasteiger partial charge in [0.25, 0.3) is 11.5 Å². The van der Waals surface area contributed by atoms with E-state index in [1.165, 1.54) is 0 Å². The molecule has 4 rings (SSSR count). The molecule has 0 aliphatic heterocycles. The molecule has 0 fully saturated rings. The Balaban J connectivity index is 1.81. The van der Waals surface area contributed by atoms with Gasteiger partial charge in [0.15, 0.2) is 0 Å². The second kappa shape index (κ2) is 8.50. The van der Waals surface area contributed by atoms with Crippen molar-refractivity contribution < 1.29 is 18.0 Å². The maximum absolute atomic E-state index is 13.1. The number of anilines is 1. The Morgan fingerprint density at radius 1 is 0.812 bits per heavy atom. The molecule has 1 aromatic heterocycles. The average Bonchev–Trinajstić information content (AvgIpc) is 2.79. The lowest BCUT2D eigenvalue weighted by Crippen LogP contribution is -2.26. The smallest absolute Gasteiger partial charge is 0.322 e. The van der Waals surface area contributed by atoms with Gasteiger partial charge >= 0.3 is 6.18 Å². The molecule has 32 heavy (non-hydrogen) atoms. The number of aromatic nitrogens is 2. The highest BCUT2D eigenvalue weighted by molar-refractivity contribution is 6.10. The van der Waals surface area contributed by atoms with Crippen LogP contribution in [-0.4, -0.2) is 16.1 Å². The summed E-state index contributed by atoms with van der Waals surface area (Å²) in [6.45, 7) is 0. The standard InChI is InChI=1S/C24H16F3N3O2/c25-24(26,27)17-11-13-18(14-12-17)28-22(31)20-19(15-7-3-1-4-8-15)21(29-30-23(20)32)16-9-5-2-6-10-16/h1-14H,(H,28,31)(H,30,32). The number of amides is 1. The first-order valence-electron chi connectivity index (χ1n) is 9.57. The van der Waals surface area contributed by atoms with Gasteiger partial charge in [-0.3, -0.25) is 9.59 Å². The molecule has 8 heteroatoms. The summed E-state index contributed by atoms with van der Waals surface area (Å²) < 4.78 is 38.4. The number of nitrogens with zero attached hydrogens (tertiary/aromatic N) is 1. The molecule has 1 heterocycles. The Kier molecular flexibility index (Phi) is 5.59. The minimum absolute atomic E-state index is 0.125. The molecule has 4 aromatic rings. The monoisotopic (exact) mass is 435 g/mol. The number of hydrogen-bond donors (Lipinski definition) is 2. The zero-order valence-corrected chi connectivity index (χ0v) is 16.5. The number of hydrogen-bond acceptors (Lipinski definition) is 3. The molecule has 0 spiro atoms. The van der Waals surface area contributed by atoms with Crippen LogP contribution in [0, 0.1) is 0 Å². The molecule has 0 aliphatic rings. The van der Waals surface area contributed by atoms with E-state index in [0.717, 1.165) is 24.3 Å². The second-order valence-corrected chi connectivity index (χ2v) is 6.91. The topological polar surface area (TPSA) is 74.8 Å². The summed E-state index contributed by atoms with van der Waals surface area (Å²) in [7, 11) is 0. The van der Waals surface area contributed by atoms with Crippen LogP contribution in [0.4, 0.5) is 18.9 Å². The minimum Gasteiger partial charge on any atom is -0.322 e. The first kappa shape index (κ1) is 21.0. The number of alkyl halides is 3. The van der Waals surface area contributed by atoms with Gasteiger partial charge in [-0.1, -0.05) is 60.7 Å². The molecule has 5 nitrogen and oxygen atoms in total. The molecular weight excluding hydrogens is 419 g/mol. The number of aromatic amines is 1. The highest BCUT2D eigenvalue weighted by Gasteiger charge is 2.30. The van der Waals surface area contributed by atoms with Gasteiger partial charge in [0.05, 0.1) is 11.3 Å². The number of carbonyl (C=O) groups is 1. The highest BCUT2D eigenvalue weighted by Crippen LogP contribution is 2.32. The summed E-state index contributed by atoms with van der Waals surface area (Å²) in [6, 6.07) is 21.9. The third kappa shape index (κ3) is 4.29. The Morgan fingerprint density at radius 3 is 1.94 bits per heavy atom. The van der Waals surface area contributed by atoms with Gasteiger partial charge in [-0.15, -0.1) is 0 Å². The number of carbonyl (C=O) groups excluding carboxylic acids is 1. The molecule has 2 N–H and O–H groups in total. The molecule has 160 valence electrons. The van der Waals surface area contributed by atoms with E-state index in [9.17, 15) is 22.8 Å². The van der Waals surface area contributed by atoms with Crippen molar-refractivity contribution in [3.63, 3.8) is 0 Å². The van der Waals surface area contributed by atoms with E-state index in [4.69, 9.17) is 0 Å². The predicted molar refractivity (Wildman–Crippen MR) is 115 cm³/mol. The maximum atomic E-state index is 13.1. The first-order chi connectivity index (χ1) is 15.3. The zero-order chi connectivity index (χ0) is 22.7. The summed E-state index contributed by atoms with van der Waals surface area (Å²) in [5, 5.41) is 9.04. The van der Waals surface area contributed by atoms with E-state index in [1.54, 1.807) is 54.6 Å². The van der Waals surface area contributed by atoms with E-state index in [2.05, 4.69) is 15.5 Å². The van der Waals surface area contributed by atoms with Crippen LogP contribution < -0.4 is 10.9 Å². The SMILES string of the molecule is O=C(Nc1ccc(C(F)(F)F)cc1)c1c(-c2ccccc2)c(-c2ccccc2)n[nH]c1=O. The van der Waals surface area contributed by atoms with E-state index in [1.807, 2.05) is 6.07 Å². The summed E-state index contributed by atoms with van der Waals surface area (Å²) in [6.07, 6.45) is -4.49. The van der Waals surface area contributed by atoms with Crippen molar-refractivity contribution in [2.75, 3.05) is 5.32 Å². The number of nitrogens with one attached hydrogen (secondary N) is 2. The Hall–Kier alpha value is -4.20. The summed E-state index contributed by atoms with van der Waals surface area (Å²) in [5.41, 5.74) is 0.388. The largest absolute Gasteiger partial charge is 0.416 e. The van der Waals surface area contributed by atoms with Crippen LogP contribution in [0.2, 0.25) is 0 Å². The van der Waals surface area contributed by atoms with Crippen molar-refractivity contribution in [3.05, 3.63) is 106 Å². The molecule has 0 radical (unpaired) electrons. The van der Waals surface area contributed by atoms with E-state index in [-0.39, 0.29) is 11.3 Å². The fraction of sp³-hybridized carbons (Fsp3) is 0.0417. The third-order valence-electron chi connectivity index (χ3n) is 4.79. The Labute approximate surface area is 180 Å². The lowest BCUT2D eigenvalue weighted by Gasteiger charge is -2.14. The van der Waals surface area contributed by atoms with Gasteiger partial charge in [0, 0.05) is 16.8 Å². The highest BCUT2D eigenvalue weighted by atomic mass is 19.4. The van der Waals surface area contributed by atoms with Crippen molar-refractivity contribution in [2.45, 2.75) is 6.18 Å². The predicted octanol–water partition coefficient (Wildman–Crippen LogP) is 5.38. The van der Waals surface area contributed by atoms with E-state index >= 15 is 0 Å². The van der Waals surface area contributed by atoms with Crippen LogP contribution in [0.15, 0.2) is 89.7 Å². The molecule has 3 aromatic carbocycles. The lowest BCUT2D eigenvalue weighted by atomic mass is 9.95. The zero-order valence-electron chi connectivity index (χ0n) is 16.5. The van der Waals surface area contributed by atoms with Crippen molar-refractivity contribution in [3.8, 4) is 22.4 Å². The van der Waals surface area contributed by atoms with Gasteiger partial charge in [0.2, 0.25) is 0 Å². The van der Waals surface area contributed by atoms with Crippen molar-refractivity contribution in [2.24, 2.45) is 0 Å². The van der Waals surface area contributed by atoms with Crippen molar-refractivity contribution in [1.82, 2.24) is 10.2 Å². The molecule has 0 unspecified atom stereocenters. The minimum atomic E-state index is -4.49. The van der Waals surface area contributed by atoms with Crippen LogP contribution in [0.1, 0.15) is 15.9 Å². The van der Waals surface area contributed by atoms with Gasteiger partial charge in [0.1, 0.15) is 5.56 Å². The summed E-state index contributed by atoms with van der Waals surface area (Å²) in [5.74, 6) is -0.760. The van der Waals surface area contributed by atoms with Crippen LogP contribution in [0.3, 0.4) is 0 Å². The normalized spacial score (nSPS) is 11.2. The molecule has 0 saturated carbocycles. The van der Waals surface area contributed by atoms with Gasteiger partial charge in [-0.25, -0.2) is 5.10 Å². The Bertz CT molecular complexity index is 1300. The van der Waals surface area contributed by atoms with E-state index in [0.29, 0.717) is 22.4 Å². The van der Waals surface area contributed by atoms with Gasteiger partial charge in [-0.2, -0.15) is 18.3 Å². The van der Waals surface area contributed by atoms with Crippen LogP contribution in [-0.2, 0) is 6.18 Å². The van der Waals surface area contributed by atoms with Gasteiger partial charge in [-0.05, 0) is 29.8 Å². The third-order valence-corrected chi connectivity index (χ3v) is 4.79.